The van der Waals surface area contributed by atoms with Crippen LogP contribution in [-0.2, 0) is 6.54 Å². The largest absolute Gasteiger partial charge is 0.370 e. The van der Waals surface area contributed by atoms with E-state index in [4.69, 9.17) is 5.73 Å². The minimum Gasteiger partial charge on any atom is -0.370 e. The first-order chi connectivity index (χ1) is 9.69. The third-order valence-electron chi connectivity index (χ3n) is 3.75. The predicted molar refractivity (Wildman–Crippen MR) is 95.4 cm³/mol. The molecule has 1 aromatic carbocycles. The average Bonchev–Trinajstić information content (AvgIpc) is 2.90. The maximum absolute atomic E-state index is 13.0. The summed E-state index contributed by atoms with van der Waals surface area (Å²) in [4.78, 5) is 6.70. The van der Waals surface area contributed by atoms with Gasteiger partial charge in [-0.15, -0.1) is 24.0 Å². The second-order valence-corrected chi connectivity index (χ2v) is 5.14. The molecular weight excluding hydrogens is 382 g/mol. The number of likely N-dealkylation sites (N-methyl/N-ethyl adjacent to an activating group) is 1. The summed E-state index contributed by atoms with van der Waals surface area (Å²) in [5, 5.41) is 3.17. The average molecular weight is 406 g/mol. The molecule has 1 aliphatic heterocycles. The standard InChI is InChI=1S/C15H23FN4.HI/c1-2-20-8-4-7-14(20)11-19-15(17)18-10-12-5-3-6-13(16)9-12;/h3,5-6,9,14H,2,4,7-8,10-11H2,1H3,(H3,17,18,19);1H. The van der Waals surface area contributed by atoms with Crippen molar-refractivity contribution in [1.29, 1.82) is 0 Å². The number of nitrogens with zero attached hydrogens (tertiary/aromatic N) is 2. The smallest absolute Gasteiger partial charge is 0.188 e. The van der Waals surface area contributed by atoms with Gasteiger partial charge < -0.3 is 11.1 Å². The molecule has 1 unspecified atom stereocenters. The molecule has 1 saturated heterocycles. The number of hydrogen-bond donors (Lipinski definition) is 2. The number of halogens is 2. The van der Waals surface area contributed by atoms with Gasteiger partial charge in [-0.1, -0.05) is 19.1 Å². The molecule has 1 fully saturated rings. The number of nitrogens with one attached hydrogen (secondary N) is 1. The molecule has 0 aliphatic carbocycles. The summed E-state index contributed by atoms with van der Waals surface area (Å²) >= 11 is 0. The van der Waals surface area contributed by atoms with Crippen molar-refractivity contribution >= 4 is 29.9 Å². The zero-order valence-corrected chi connectivity index (χ0v) is 14.7. The molecule has 6 heteroatoms. The highest BCUT2D eigenvalue weighted by Crippen LogP contribution is 2.15. The first-order valence-corrected chi connectivity index (χ1v) is 7.21. The Morgan fingerprint density at radius 3 is 3.05 bits per heavy atom. The van der Waals surface area contributed by atoms with E-state index in [0.29, 0.717) is 18.5 Å². The van der Waals surface area contributed by atoms with Gasteiger partial charge in [-0.2, -0.15) is 0 Å². The fourth-order valence-electron chi connectivity index (χ4n) is 2.63. The molecule has 0 spiro atoms. The highest BCUT2D eigenvalue weighted by molar-refractivity contribution is 14.0. The molecule has 1 atom stereocenters. The van der Waals surface area contributed by atoms with Crippen LogP contribution >= 0.6 is 24.0 Å². The number of guanidine groups is 1. The molecule has 0 radical (unpaired) electrons. The van der Waals surface area contributed by atoms with Crippen LogP contribution in [0, 0.1) is 5.82 Å². The van der Waals surface area contributed by atoms with E-state index in [0.717, 1.165) is 18.7 Å². The summed E-state index contributed by atoms with van der Waals surface area (Å²) in [5.41, 5.74) is 6.68. The third kappa shape index (κ3) is 5.78. The van der Waals surface area contributed by atoms with Crippen molar-refractivity contribution in [1.82, 2.24) is 10.2 Å². The Balaban J connectivity index is 0.00000220. The molecule has 0 saturated carbocycles. The Morgan fingerprint density at radius 1 is 1.52 bits per heavy atom. The van der Waals surface area contributed by atoms with Crippen LogP contribution in [0.2, 0.25) is 0 Å². The van der Waals surface area contributed by atoms with Crippen LogP contribution in [0.15, 0.2) is 29.3 Å². The van der Waals surface area contributed by atoms with Gasteiger partial charge >= 0.3 is 0 Å². The van der Waals surface area contributed by atoms with Crippen LogP contribution < -0.4 is 11.1 Å². The summed E-state index contributed by atoms with van der Waals surface area (Å²) < 4.78 is 13.0. The van der Waals surface area contributed by atoms with Crippen LogP contribution in [0.1, 0.15) is 25.3 Å². The molecule has 0 bridgehead atoms. The van der Waals surface area contributed by atoms with Crippen molar-refractivity contribution < 1.29 is 4.39 Å². The SMILES string of the molecule is CCN1CCCC1CNC(N)=NCc1cccc(F)c1.I. The lowest BCUT2D eigenvalue weighted by Crippen LogP contribution is -2.42. The van der Waals surface area contributed by atoms with E-state index in [1.54, 1.807) is 6.07 Å². The second-order valence-electron chi connectivity index (χ2n) is 5.14. The Morgan fingerprint density at radius 2 is 2.33 bits per heavy atom. The number of likely N-dealkylation sites (tertiary alicyclic amines) is 1. The molecule has 4 nitrogen and oxygen atoms in total. The van der Waals surface area contributed by atoms with E-state index in [2.05, 4.69) is 22.1 Å². The maximum Gasteiger partial charge on any atom is 0.188 e. The fourth-order valence-corrected chi connectivity index (χ4v) is 2.63. The summed E-state index contributed by atoms with van der Waals surface area (Å²) in [6, 6.07) is 6.97. The van der Waals surface area contributed by atoms with Crippen molar-refractivity contribution in [3.8, 4) is 0 Å². The Bertz CT molecular complexity index is 467. The van der Waals surface area contributed by atoms with Crippen molar-refractivity contribution in [2.75, 3.05) is 19.6 Å². The zero-order valence-electron chi connectivity index (χ0n) is 12.4. The number of benzene rings is 1. The van der Waals surface area contributed by atoms with Gasteiger partial charge in [-0.05, 0) is 43.6 Å². The molecule has 3 N–H and O–H groups in total. The first kappa shape index (κ1) is 18.2. The molecule has 118 valence electrons. The van der Waals surface area contributed by atoms with Crippen LogP contribution in [0.3, 0.4) is 0 Å². The van der Waals surface area contributed by atoms with Crippen LogP contribution in [0.5, 0.6) is 0 Å². The molecular formula is C15H24FIN4. The predicted octanol–water partition coefficient (Wildman–Crippen LogP) is 2.33. The Kier molecular flexibility index (Phi) is 7.95. The minimum atomic E-state index is -0.242. The molecule has 0 amide bonds. The van der Waals surface area contributed by atoms with E-state index < -0.39 is 0 Å². The molecule has 1 aromatic rings. The van der Waals surface area contributed by atoms with E-state index in [9.17, 15) is 4.39 Å². The van der Waals surface area contributed by atoms with E-state index >= 15 is 0 Å². The molecule has 1 heterocycles. The van der Waals surface area contributed by atoms with Crippen LogP contribution in [0.25, 0.3) is 0 Å². The van der Waals surface area contributed by atoms with Crippen LogP contribution in [-0.4, -0.2) is 36.5 Å². The van der Waals surface area contributed by atoms with Gasteiger partial charge in [0.2, 0.25) is 0 Å². The van der Waals surface area contributed by atoms with Crippen LogP contribution in [0.4, 0.5) is 4.39 Å². The summed E-state index contributed by atoms with van der Waals surface area (Å²) in [6.07, 6.45) is 2.46. The summed E-state index contributed by atoms with van der Waals surface area (Å²) in [6.45, 7) is 5.65. The van der Waals surface area contributed by atoms with Gasteiger partial charge in [0.1, 0.15) is 5.82 Å². The summed E-state index contributed by atoms with van der Waals surface area (Å²) in [7, 11) is 0. The number of rotatable bonds is 5. The van der Waals surface area contributed by atoms with Gasteiger partial charge in [0, 0.05) is 12.6 Å². The quantitative estimate of drug-likeness (QED) is 0.449. The third-order valence-corrected chi connectivity index (χ3v) is 3.75. The lowest BCUT2D eigenvalue weighted by atomic mass is 10.2. The number of nitrogens with two attached hydrogens (primary N) is 1. The van der Waals surface area contributed by atoms with Crippen molar-refractivity contribution in [3.05, 3.63) is 35.6 Å². The van der Waals surface area contributed by atoms with E-state index in [-0.39, 0.29) is 29.8 Å². The topological polar surface area (TPSA) is 53.6 Å². The lowest BCUT2D eigenvalue weighted by Gasteiger charge is -2.23. The maximum atomic E-state index is 13.0. The van der Waals surface area contributed by atoms with Crippen molar-refractivity contribution in [3.63, 3.8) is 0 Å². The van der Waals surface area contributed by atoms with Gasteiger partial charge in [-0.3, -0.25) is 4.90 Å². The Hall–Kier alpha value is -0.890. The fraction of sp³-hybridized carbons (Fsp3) is 0.533. The van der Waals surface area contributed by atoms with Gasteiger partial charge in [0.15, 0.2) is 5.96 Å². The van der Waals surface area contributed by atoms with Crippen molar-refractivity contribution in [2.24, 2.45) is 10.7 Å². The number of hydrogen-bond acceptors (Lipinski definition) is 2. The monoisotopic (exact) mass is 406 g/mol. The Labute approximate surface area is 143 Å². The van der Waals surface area contributed by atoms with E-state index in [1.165, 1.54) is 31.5 Å². The highest BCUT2D eigenvalue weighted by atomic mass is 127. The normalized spacial score (nSPS) is 19.3. The van der Waals surface area contributed by atoms with Gasteiger partial charge in [-0.25, -0.2) is 9.38 Å². The summed E-state index contributed by atoms with van der Waals surface area (Å²) in [5.74, 6) is 0.186. The molecule has 21 heavy (non-hydrogen) atoms. The van der Waals surface area contributed by atoms with Crippen molar-refractivity contribution in [2.45, 2.75) is 32.4 Å². The molecule has 2 rings (SSSR count). The first-order valence-electron chi connectivity index (χ1n) is 7.21. The highest BCUT2D eigenvalue weighted by Gasteiger charge is 2.22. The second kappa shape index (κ2) is 9.19. The number of aliphatic imine (C=N–C) groups is 1. The minimum absolute atomic E-state index is 0. The van der Waals surface area contributed by atoms with Gasteiger partial charge in [0.05, 0.1) is 6.54 Å². The van der Waals surface area contributed by atoms with Gasteiger partial charge in [0.25, 0.3) is 0 Å². The molecule has 1 aliphatic rings. The lowest BCUT2D eigenvalue weighted by molar-refractivity contribution is 0.267. The zero-order chi connectivity index (χ0) is 14.4. The van der Waals surface area contributed by atoms with E-state index in [1.807, 2.05) is 6.07 Å². The molecule has 0 aromatic heterocycles.